The summed E-state index contributed by atoms with van der Waals surface area (Å²) < 4.78 is 0. The average molecular weight is 251 g/mol. The molecule has 0 bridgehead atoms. The van der Waals surface area contributed by atoms with Crippen LogP contribution in [0.25, 0.3) is 0 Å². The lowest BCUT2D eigenvalue weighted by atomic mass is 10.1. The Morgan fingerprint density at radius 2 is 2.35 bits per heavy atom. The molecule has 3 N–H and O–H groups in total. The maximum atomic E-state index is 5.60. The number of nitrogens with zero attached hydrogens (tertiary/aromatic N) is 3. The van der Waals surface area contributed by atoms with Crippen molar-refractivity contribution in [2.75, 3.05) is 32.0 Å². The van der Waals surface area contributed by atoms with Crippen LogP contribution in [0.2, 0.25) is 0 Å². The van der Waals surface area contributed by atoms with E-state index >= 15 is 0 Å². The Bertz CT molecular complexity index is 409. The zero-order chi connectivity index (χ0) is 12.3. The highest BCUT2D eigenvalue weighted by molar-refractivity contribution is 7.80. The number of nitrogens with one attached hydrogen (secondary N) is 1. The van der Waals surface area contributed by atoms with E-state index in [9.17, 15) is 0 Å². The molecule has 1 aliphatic heterocycles. The fourth-order valence-electron chi connectivity index (χ4n) is 2.08. The first-order chi connectivity index (χ1) is 8.16. The van der Waals surface area contributed by atoms with Crippen molar-refractivity contribution in [1.82, 2.24) is 14.9 Å². The summed E-state index contributed by atoms with van der Waals surface area (Å²) in [6.07, 6.45) is 4.46. The molecule has 92 valence electrons. The molecule has 6 heteroatoms. The van der Waals surface area contributed by atoms with Crippen LogP contribution in [0.5, 0.6) is 0 Å². The van der Waals surface area contributed by atoms with Gasteiger partial charge < -0.3 is 16.0 Å². The summed E-state index contributed by atoms with van der Waals surface area (Å²) in [6.45, 7) is 3.17. The molecule has 1 saturated heterocycles. The lowest BCUT2D eigenvalue weighted by molar-refractivity contribution is 0.399. The highest BCUT2D eigenvalue weighted by Gasteiger charge is 2.19. The Morgan fingerprint density at radius 3 is 3.00 bits per heavy atom. The van der Waals surface area contributed by atoms with Gasteiger partial charge in [0.05, 0.1) is 0 Å². The number of rotatable bonds is 4. The monoisotopic (exact) mass is 251 g/mol. The Hall–Kier alpha value is -1.27. The largest absolute Gasteiger partial charge is 0.388 e. The molecule has 2 rings (SSSR count). The van der Waals surface area contributed by atoms with E-state index in [1.807, 2.05) is 0 Å². The first-order valence-corrected chi connectivity index (χ1v) is 6.11. The van der Waals surface area contributed by atoms with Gasteiger partial charge in [0.1, 0.15) is 10.7 Å². The number of hydrogen-bond acceptors (Lipinski definition) is 5. The predicted octanol–water partition coefficient (Wildman–Crippen LogP) is 0.474. The van der Waals surface area contributed by atoms with Gasteiger partial charge in [-0.15, -0.1) is 0 Å². The average Bonchev–Trinajstić information content (AvgIpc) is 2.73. The molecule has 5 nitrogen and oxygen atoms in total. The second kappa shape index (κ2) is 5.37. The minimum Gasteiger partial charge on any atom is -0.388 e. The molecule has 0 saturated carbocycles. The summed E-state index contributed by atoms with van der Waals surface area (Å²) in [5, 5.41) is 3.29. The third-order valence-electron chi connectivity index (χ3n) is 2.98. The van der Waals surface area contributed by atoms with E-state index in [1.54, 1.807) is 12.4 Å². The third kappa shape index (κ3) is 3.10. The number of thiocarbonyl (C=S) groups is 1. The van der Waals surface area contributed by atoms with Gasteiger partial charge in [-0.2, -0.15) is 0 Å². The summed E-state index contributed by atoms with van der Waals surface area (Å²) >= 11 is 4.94. The summed E-state index contributed by atoms with van der Waals surface area (Å²) in [7, 11) is 2.14. The van der Waals surface area contributed by atoms with Crippen LogP contribution in [0.3, 0.4) is 0 Å². The Morgan fingerprint density at radius 1 is 1.59 bits per heavy atom. The quantitative estimate of drug-likeness (QED) is 0.759. The van der Waals surface area contributed by atoms with Crippen LogP contribution in [-0.4, -0.2) is 46.5 Å². The van der Waals surface area contributed by atoms with Gasteiger partial charge in [-0.05, 0) is 25.9 Å². The van der Waals surface area contributed by atoms with E-state index in [2.05, 4.69) is 27.2 Å². The highest BCUT2D eigenvalue weighted by atomic mass is 32.1. The molecular formula is C11H17N5S. The predicted molar refractivity (Wildman–Crippen MR) is 72.0 cm³/mol. The lowest BCUT2D eigenvalue weighted by Gasteiger charge is -2.13. The van der Waals surface area contributed by atoms with Gasteiger partial charge in [-0.3, -0.25) is 0 Å². The van der Waals surface area contributed by atoms with Crippen LogP contribution in [0.1, 0.15) is 12.1 Å². The van der Waals surface area contributed by atoms with E-state index < -0.39 is 0 Å². The van der Waals surface area contributed by atoms with Gasteiger partial charge in [0, 0.05) is 25.5 Å². The molecule has 1 aliphatic rings. The van der Waals surface area contributed by atoms with Crippen LogP contribution < -0.4 is 11.1 Å². The summed E-state index contributed by atoms with van der Waals surface area (Å²) in [5.41, 5.74) is 6.18. The van der Waals surface area contributed by atoms with Gasteiger partial charge in [-0.25, -0.2) is 9.97 Å². The summed E-state index contributed by atoms with van der Waals surface area (Å²) in [6, 6.07) is 0. The van der Waals surface area contributed by atoms with Crippen molar-refractivity contribution in [2.45, 2.75) is 6.42 Å². The van der Waals surface area contributed by atoms with Crippen molar-refractivity contribution in [2.24, 2.45) is 11.7 Å². The molecule has 1 unspecified atom stereocenters. The Kier molecular flexibility index (Phi) is 3.86. The molecular weight excluding hydrogens is 234 g/mol. The number of anilines is 1. The minimum absolute atomic E-state index is 0.282. The fraction of sp³-hybridized carbons (Fsp3) is 0.545. The molecule has 1 fully saturated rings. The first kappa shape index (κ1) is 12.2. The van der Waals surface area contributed by atoms with Crippen molar-refractivity contribution in [3.05, 3.63) is 18.1 Å². The normalized spacial score (nSPS) is 20.4. The van der Waals surface area contributed by atoms with Gasteiger partial charge >= 0.3 is 0 Å². The third-order valence-corrected chi connectivity index (χ3v) is 3.17. The van der Waals surface area contributed by atoms with Crippen molar-refractivity contribution in [3.63, 3.8) is 0 Å². The van der Waals surface area contributed by atoms with E-state index in [4.69, 9.17) is 18.0 Å². The molecule has 0 radical (unpaired) electrons. The highest BCUT2D eigenvalue weighted by Crippen LogP contribution is 2.16. The van der Waals surface area contributed by atoms with Crippen LogP contribution in [-0.2, 0) is 0 Å². The topological polar surface area (TPSA) is 67.1 Å². The standard InChI is InChI=1S/C11H17N5S/c1-16-5-2-8(7-16)6-15-11-9(10(12)17)13-3-4-14-11/h3-4,8H,2,5-7H2,1H3,(H2,12,17)(H,14,15). The minimum atomic E-state index is 0.282. The van der Waals surface area contributed by atoms with Crippen LogP contribution in [0.4, 0.5) is 5.82 Å². The second-order valence-electron chi connectivity index (χ2n) is 4.42. The SMILES string of the molecule is CN1CCC(CNc2nccnc2C(N)=S)C1. The smallest absolute Gasteiger partial charge is 0.155 e. The maximum absolute atomic E-state index is 5.60. The van der Waals surface area contributed by atoms with E-state index in [1.165, 1.54) is 6.42 Å². The lowest BCUT2D eigenvalue weighted by Crippen LogP contribution is -2.22. The van der Waals surface area contributed by atoms with Crippen LogP contribution in [0.15, 0.2) is 12.4 Å². The van der Waals surface area contributed by atoms with Gasteiger partial charge in [0.15, 0.2) is 5.82 Å². The van der Waals surface area contributed by atoms with E-state index in [0.717, 1.165) is 19.6 Å². The number of aromatic nitrogens is 2. The summed E-state index contributed by atoms with van der Waals surface area (Å²) in [4.78, 5) is 11.0. The molecule has 17 heavy (non-hydrogen) atoms. The number of nitrogens with two attached hydrogens (primary N) is 1. The molecule has 0 amide bonds. The molecule has 2 heterocycles. The molecule has 1 aromatic heterocycles. The number of hydrogen-bond donors (Lipinski definition) is 2. The summed E-state index contributed by atoms with van der Waals surface area (Å²) in [5.74, 6) is 1.34. The zero-order valence-corrected chi connectivity index (χ0v) is 10.7. The van der Waals surface area contributed by atoms with Crippen molar-refractivity contribution >= 4 is 23.0 Å². The van der Waals surface area contributed by atoms with Crippen LogP contribution >= 0.6 is 12.2 Å². The fourth-order valence-corrected chi connectivity index (χ4v) is 2.23. The molecule has 0 aliphatic carbocycles. The molecule has 1 atom stereocenters. The molecule has 0 aromatic carbocycles. The van der Waals surface area contributed by atoms with Gasteiger partial charge in [0.25, 0.3) is 0 Å². The zero-order valence-electron chi connectivity index (χ0n) is 9.89. The second-order valence-corrected chi connectivity index (χ2v) is 4.86. The van der Waals surface area contributed by atoms with E-state index in [0.29, 0.717) is 17.4 Å². The Labute approximate surface area is 106 Å². The van der Waals surface area contributed by atoms with Crippen molar-refractivity contribution < 1.29 is 0 Å². The van der Waals surface area contributed by atoms with Gasteiger partial charge in [0.2, 0.25) is 0 Å². The number of likely N-dealkylation sites (tertiary alicyclic amines) is 1. The molecule has 1 aromatic rings. The van der Waals surface area contributed by atoms with Crippen molar-refractivity contribution in [1.29, 1.82) is 0 Å². The van der Waals surface area contributed by atoms with Gasteiger partial charge in [-0.1, -0.05) is 12.2 Å². The maximum Gasteiger partial charge on any atom is 0.155 e. The Balaban J connectivity index is 1.97. The first-order valence-electron chi connectivity index (χ1n) is 5.70. The van der Waals surface area contributed by atoms with Crippen LogP contribution in [0, 0.1) is 5.92 Å². The van der Waals surface area contributed by atoms with E-state index in [-0.39, 0.29) is 4.99 Å². The molecule has 0 spiro atoms. The van der Waals surface area contributed by atoms with Crippen molar-refractivity contribution in [3.8, 4) is 0 Å².